The molecule has 0 spiro atoms. The molecule has 2 aromatic rings. The molecule has 0 aliphatic carbocycles. The van der Waals surface area contributed by atoms with E-state index in [1.54, 1.807) is 19.2 Å². The third kappa shape index (κ3) is 3.19. The molecule has 4 nitrogen and oxygen atoms in total. The van der Waals surface area contributed by atoms with Gasteiger partial charge in [0.05, 0.1) is 18.1 Å². The molecule has 0 aromatic carbocycles. The van der Waals surface area contributed by atoms with Crippen molar-refractivity contribution in [3.8, 4) is 5.88 Å². The first kappa shape index (κ1) is 15.0. The Labute approximate surface area is 123 Å². The molecule has 0 aliphatic heterocycles. The number of aromatic nitrogens is 1. The summed E-state index contributed by atoms with van der Waals surface area (Å²) < 4.78 is 29.9. The second-order valence-corrected chi connectivity index (χ2v) is 7.92. The first-order valence-corrected chi connectivity index (χ1v) is 8.78. The Morgan fingerprint density at radius 3 is 2.75 bits per heavy atom. The van der Waals surface area contributed by atoms with Gasteiger partial charge in [0.15, 0.2) is 9.84 Å². The summed E-state index contributed by atoms with van der Waals surface area (Å²) in [6.07, 6.45) is 1.58. The molecule has 0 amide bonds. The summed E-state index contributed by atoms with van der Waals surface area (Å²) in [7, 11) is -1.71. The van der Waals surface area contributed by atoms with Crippen LogP contribution >= 0.6 is 11.3 Å². The fraction of sp³-hybridized carbons (Fsp3) is 0.357. The number of sulfone groups is 1. The van der Waals surface area contributed by atoms with Crippen LogP contribution in [0.3, 0.4) is 0 Å². The van der Waals surface area contributed by atoms with Gasteiger partial charge in [-0.25, -0.2) is 13.4 Å². The average molecular weight is 311 g/mol. The van der Waals surface area contributed by atoms with E-state index in [1.165, 1.54) is 18.4 Å². The number of nitrogens with zero attached hydrogens (tertiary/aromatic N) is 1. The molecule has 20 heavy (non-hydrogen) atoms. The van der Waals surface area contributed by atoms with Crippen LogP contribution in [0, 0.1) is 6.92 Å². The topological polar surface area (TPSA) is 56.3 Å². The van der Waals surface area contributed by atoms with Gasteiger partial charge < -0.3 is 4.74 Å². The van der Waals surface area contributed by atoms with Crippen LogP contribution in [0.15, 0.2) is 29.8 Å². The third-order valence-electron chi connectivity index (χ3n) is 3.24. The van der Waals surface area contributed by atoms with Gasteiger partial charge >= 0.3 is 0 Å². The smallest absolute Gasteiger partial charge is 0.213 e. The van der Waals surface area contributed by atoms with Crippen molar-refractivity contribution in [1.29, 1.82) is 0 Å². The Kier molecular flexibility index (Phi) is 4.45. The minimum Gasteiger partial charge on any atom is -0.481 e. The molecular weight excluding hydrogens is 294 g/mol. The van der Waals surface area contributed by atoms with Crippen molar-refractivity contribution in [2.24, 2.45) is 0 Å². The zero-order chi connectivity index (χ0) is 14.8. The fourth-order valence-electron chi connectivity index (χ4n) is 1.86. The Balaban J connectivity index is 2.24. The molecule has 0 bridgehead atoms. The number of ether oxygens (including phenoxy) is 1. The maximum Gasteiger partial charge on any atom is 0.213 e. The Hall–Kier alpha value is -1.40. The minimum absolute atomic E-state index is 0.00507. The number of aryl methyl sites for hydroxylation is 1. The van der Waals surface area contributed by atoms with E-state index in [0.717, 1.165) is 10.4 Å². The molecule has 0 saturated heterocycles. The average Bonchev–Trinajstić information content (AvgIpc) is 2.93. The molecule has 108 valence electrons. The lowest BCUT2D eigenvalue weighted by Crippen LogP contribution is -2.13. The Morgan fingerprint density at radius 1 is 1.45 bits per heavy atom. The van der Waals surface area contributed by atoms with Crippen LogP contribution in [-0.2, 0) is 15.6 Å². The molecule has 6 heteroatoms. The van der Waals surface area contributed by atoms with Crippen molar-refractivity contribution >= 4 is 21.2 Å². The van der Waals surface area contributed by atoms with Crippen molar-refractivity contribution in [2.45, 2.75) is 24.9 Å². The maximum absolute atomic E-state index is 12.5. The molecule has 1 unspecified atom stereocenters. The van der Waals surface area contributed by atoms with Gasteiger partial charge in [0.2, 0.25) is 5.88 Å². The van der Waals surface area contributed by atoms with E-state index in [4.69, 9.17) is 4.74 Å². The van der Waals surface area contributed by atoms with Gasteiger partial charge in [-0.1, -0.05) is 6.07 Å². The number of hydrogen-bond acceptors (Lipinski definition) is 5. The van der Waals surface area contributed by atoms with Gasteiger partial charge in [-0.05, 0) is 36.4 Å². The van der Waals surface area contributed by atoms with Crippen molar-refractivity contribution < 1.29 is 13.2 Å². The van der Waals surface area contributed by atoms with Crippen molar-refractivity contribution in [3.63, 3.8) is 0 Å². The highest BCUT2D eigenvalue weighted by molar-refractivity contribution is 7.91. The van der Waals surface area contributed by atoms with Gasteiger partial charge in [0.1, 0.15) is 0 Å². The zero-order valence-corrected chi connectivity index (χ0v) is 13.3. The second kappa shape index (κ2) is 5.93. The summed E-state index contributed by atoms with van der Waals surface area (Å²) in [6.45, 7) is 3.60. The monoisotopic (exact) mass is 311 g/mol. The van der Waals surface area contributed by atoms with Crippen LogP contribution in [-0.4, -0.2) is 20.5 Å². The normalized spacial score (nSPS) is 13.2. The SMILES string of the molecule is COc1cc(C)c(CS(=O)(=O)C(C)c2cccs2)cn1. The summed E-state index contributed by atoms with van der Waals surface area (Å²) in [6, 6.07) is 5.47. The first-order chi connectivity index (χ1) is 9.44. The second-order valence-electron chi connectivity index (χ2n) is 4.62. The molecular formula is C14H17NO3S2. The van der Waals surface area contributed by atoms with Gasteiger partial charge in [0.25, 0.3) is 0 Å². The molecule has 0 aliphatic rings. The number of thiophene rings is 1. The van der Waals surface area contributed by atoms with E-state index < -0.39 is 15.1 Å². The van der Waals surface area contributed by atoms with Crippen LogP contribution in [0.2, 0.25) is 0 Å². The molecule has 2 aromatic heterocycles. The summed E-state index contributed by atoms with van der Waals surface area (Å²) in [5.74, 6) is 0.490. The summed E-state index contributed by atoms with van der Waals surface area (Å²) in [4.78, 5) is 4.95. The predicted molar refractivity (Wildman–Crippen MR) is 80.9 cm³/mol. The molecule has 0 radical (unpaired) electrons. The van der Waals surface area contributed by atoms with E-state index in [2.05, 4.69) is 4.98 Å². The molecule has 1 atom stereocenters. The van der Waals surface area contributed by atoms with E-state index in [0.29, 0.717) is 11.4 Å². The quantitative estimate of drug-likeness (QED) is 0.851. The Morgan fingerprint density at radius 2 is 2.20 bits per heavy atom. The third-order valence-corrected chi connectivity index (χ3v) is 6.49. The van der Waals surface area contributed by atoms with Crippen molar-refractivity contribution in [2.75, 3.05) is 7.11 Å². The first-order valence-electron chi connectivity index (χ1n) is 6.18. The summed E-state index contributed by atoms with van der Waals surface area (Å²) in [5, 5.41) is 1.39. The predicted octanol–water partition coefficient (Wildman–Crippen LogP) is 3.14. The number of rotatable bonds is 5. The molecule has 2 heterocycles. The van der Waals surface area contributed by atoms with Crippen molar-refractivity contribution in [1.82, 2.24) is 4.98 Å². The lowest BCUT2D eigenvalue weighted by atomic mass is 10.2. The van der Waals surface area contributed by atoms with Gasteiger partial charge in [0, 0.05) is 17.1 Å². The number of methoxy groups -OCH3 is 1. The number of hydrogen-bond donors (Lipinski definition) is 0. The van der Waals surface area contributed by atoms with E-state index in [-0.39, 0.29) is 5.75 Å². The van der Waals surface area contributed by atoms with E-state index in [1.807, 2.05) is 24.4 Å². The molecule has 2 rings (SSSR count). The van der Waals surface area contributed by atoms with Crippen LogP contribution in [0.25, 0.3) is 0 Å². The van der Waals surface area contributed by atoms with Gasteiger partial charge in [-0.2, -0.15) is 0 Å². The summed E-state index contributed by atoms with van der Waals surface area (Å²) in [5.41, 5.74) is 1.59. The van der Waals surface area contributed by atoms with Crippen LogP contribution in [0.5, 0.6) is 5.88 Å². The van der Waals surface area contributed by atoms with E-state index >= 15 is 0 Å². The highest BCUT2D eigenvalue weighted by Gasteiger charge is 2.24. The van der Waals surface area contributed by atoms with Crippen molar-refractivity contribution in [3.05, 3.63) is 45.8 Å². The Bertz CT molecular complexity index is 678. The lowest BCUT2D eigenvalue weighted by molar-refractivity contribution is 0.397. The largest absolute Gasteiger partial charge is 0.481 e. The highest BCUT2D eigenvalue weighted by Crippen LogP contribution is 2.29. The maximum atomic E-state index is 12.5. The van der Waals surface area contributed by atoms with Crippen LogP contribution < -0.4 is 4.74 Å². The number of pyridine rings is 1. The molecule has 0 saturated carbocycles. The zero-order valence-electron chi connectivity index (χ0n) is 11.7. The lowest BCUT2D eigenvalue weighted by Gasteiger charge is -2.13. The van der Waals surface area contributed by atoms with Gasteiger partial charge in [-0.3, -0.25) is 0 Å². The standard InChI is InChI=1S/C14H17NO3S2/c1-10-7-14(18-3)15-8-12(10)9-20(16,17)11(2)13-5-4-6-19-13/h4-8,11H,9H2,1-3H3. The van der Waals surface area contributed by atoms with Gasteiger partial charge in [-0.15, -0.1) is 11.3 Å². The molecule has 0 N–H and O–H groups in total. The van der Waals surface area contributed by atoms with Crippen LogP contribution in [0.4, 0.5) is 0 Å². The molecule has 0 fully saturated rings. The van der Waals surface area contributed by atoms with Crippen LogP contribution in [0.1, 0.15) is 28.2 Å². The van der Waals surface area contributed by atoms with E-state index in [9.17, 15) is 8.42 Å². The minimum atomic E-state index is -3.25. The highest BCUT2D eigenvalue weighted by atomic mass is 32.2. The fourth-order valence-corrected chi connectivity index (χ4v) is 4.55. The summed E-state index contributed by atoms with van der Waals surface area (Å²) >= 11 is 1.46.